The first-order valence-corrected chi connectivity index (χ1v) is 9.21. The lowest BCUT2D eigenvalue weighted by Gasteiger charge is -2.24. The maximum atomic E-state index is 12.7. The molecular formula is C18H23BrN2O3. The van der Waals surface area contributed by atoms with Gasteiger partial charge in [0.2, 0.25) is 0 Å². The van der Waals surface area contributed by atoms with Crippen LogP contribution in [0.25, 0.3) is 0 Å². The van der Waals surface area contributed by atoms with E-state index in [0.29, 0.717) is 19.5 Å². The normalized spacial score (nSPS) is 25.8. The average molecular weight is 395 g/mol. The Kier molecular flexibility index (Phi) is 4.60. The van der Waals surface area contributed by atoms with E-state index in [9.17, 15) is 14.7 Å². The second kappa shape index (κ2) is 6.39. The number of hydrogen-bond acceptors (Lipinski definition) is 2. The molecule has 3 rings (SSSR count). The van der Waals surface area contributed by atoms with Gasteiger partial charge in [0.1, 0.15) is 0 Å². The number of fused-ring (bicyclic) bond motifs is 1. The highest BCUT2D eigenvalue weighted by atomic mass is 79.9. The number of halogens is 1. The number of nitrogens with zero attached hydrogens (tertiary/aromatic N) is 1. The summed E-state index contributed by atoms with van der Waals surface area (Å²) in [6.45, 7) is 5.01. The number of hydrogen-bond donors (Lipinski definition) is 2. The molecule has 24 heavy (non-hydrogen) atoms. The summed E-state index contributed by atoms with van der Waals surface area (Å²) in [6, 6.07) is 5.60. The van der Waals surface area contributed by atoms with Crippen LogP contribution in [0, 0.1) is 11.3 Å². The first-order valence-electron chi connectivity index (χ1n) is 8.42. The molecule has 0 bridgehead atoms. The molecule has 6 heteroatoms. The number of benzene rings is 1. The molecule has 2 atom stereocenters. The number of carboxylic acids is 1. The molecule has 1 aliphatic carbocycles. The molecule has 5 nitrogen and oxygen atoms in total. The minimum Gasteiger partial charge on any atom is -0.481 e. The van der Waals surface area contributed by atoms with Gasteiger partial charge in [0.05, 0.1) is 5.41 Å². The van der Waals surface area contributed by atoms with Crippen molar-refractivity contribution in [1.82, 2.24) is 4.90 Å². The van der Waals surface area contributed by atoms with Crippen LogP contribution < -0.4 is 5.32 Å². The summed E-state index contributed by atoms with van der Waals surface area (Å²) in [5, 5.41) is 12.6. The number of carbonyl (C=O) groups is 2. The Balaban J connectivity index is 1.77. The third kappa shape index (κ3) is 2.92. The zero-order chi connectivity index (χ0) is 17.5. The largest absolute Gasteiger partial charge is 0.481 e. The van der Waals surface area contributed by atoms with Crippen LogP contribution in [0.4, 0.5) is 10.5 Å². The SMILES string of the molecule is CC(C)c1cc(Br)ccc1NC(=O)N1C[C@@H]2CCC[C@@]2(C(=O)O)C1. The molecule has 1 saturated carbocycles. The van der Waals surface area contributed by atoms with Gasteiger partial charge in [-0.3, -0.25) is 4.79 Å². The van der Waals surface area contributed by atoms with Crippen LogP contribution in [0.1, 0.15) is 44.6 Å². The summed E-state index contributed by atoms with van der Waals surface area (Å²) in [5.74, 6) is -0.400. The van der Waals surface area contributed by atoms with Crippen molar-refractivity contribution in [2.45, 2.75) is 39.0 Å². The maximum Gasteiger partial charge on any atom is 0.321 e. The molecule has 130 valence electrons. The summed E-state index contributed by atoms with van der Waals surface area (Å²) in [5.41, 5.74) is 1.11. The highest BCUT2D eigenvalue weighted by Gasteiger charge is 2.55. The maximum absolute atomic E-state index is 12.7. The van der Waals surface area contributed by atoms with E-state index in [2.05, 4.69) is 35.1 Å². The molecule has 2 amide bonds. The van der Waals surface area contributed by atoms with Gasteiger partial charge in [-0.05, 0) is 48.4 Å². The molecule has 0 aromatic heterocycles. The number of rotatable bonds is 3. The predicted molar refractivity (Wildman–Crippen MR) is 96.2 cm³/mol. The molecule has 0 spiro atoms. The summed E-state index contributed by atoms with van der Waals surface area (Å²) >= 11 is 3.46. The highest BCUT2D eigenvalue weighted by molar-refractivity contribution is 9.10. The summed E-state index contributed by atoms with van der Waals surface area (Å²) in [6.07, 6.45) is 2.51. The molecule has 0 unspecified atom stereocenters. The topological polar surface area (TPSA) is 69.6 Å². The van der Waals surface area contributed by atoms with Crippen molar-refractivity contribution in [3.63, 3.8) is 0 Å². The quantitative estimate of drug-likeness (QED) is 0.802. The van der Waals surface area contributed by atoms with Gasteiger partial charge in [-0.1, -0.05) is 36.2 Å². The first kappa shape index (κ1) is 17.3. The van der Waals surface area contributed by atoms with Crippen LogP contribution in [0.5, 0.6) is 0 Å². The number of carbonyl (C=O) groups excluding carboxylic acids is 1. The molecule has 1 aliphatic heterocycles. The van der Waals surface area contributed by atoms with Crippen molar-refractivity contribution in [2.75, 3.05) is 18.4 Å². The van der Waals surface area contributed by atoms with E-state index >= 15 is 0 Å². The van der Waals surface area contributed by atoms with Gasteiger partial charge in [0.25, 0.3) is 0 Å². The van der Waals surface area contributed by atoms with E-state index in [1.165, 1.54) is 0 Å². The fraction of sp³-hybridized carbons (Fsp3) is 0.556. The molecule has 2 aliphatic rings. The molecule has 2 fully saturated rings. The van der Waals surface area contributed by atoms with E-state index in [1.54, 1.807) is 4.90 Å². The van der Waals surface area contributed by atoms with E-state index < -0.39 is 11.4 Å². The Labute approximate surface area is 150 Å². The average Bonchev–Trinajstić information content (AvgIpc) is 3.06. The Hall–Kier alpha value is -1.56. The van der Waals surface area contributed by atoms with Gasteiger partial charge in [0.15, 0.2) is 0 Å². The Morgan fingerprint density at radius 3 is 2.79 bits per heavy atom. The third-order valence-electron chi connectivity index (χ3n) is 5.46. The van der Waals surface area contributed by atoms with Gasteiger partial charge >= 0.3 is 12.0 Å². The standard InChI is InChI=1S/C18H23BrN2O3/c1-11(2)14-8-13(19)5-6-15(14)20-17(24)21-9-12-4-3-7-18(12,10-21)16(22)23/h5-6,8,11-12H,3-4,7,9-10H2,1-2H3,(H,20,24)(H,22,23)/t12-,18+/m0/s1. The second-order valence-electron chi connectivity index (χ2n) is 7.25. The Morgan fingerprint density at radius 1 is 1.42 bits per heavy atom. The smallest absolute Gasteiger partial charge is 0.321 e. The van der Waals surface area contributed by atoms with Crippen molar-refractivity contribution < 1.29 is 14.7 Å². The first-order chi connectivity index (χ1) is 11.3. The fourth-order valence-electron chi connectivity index (χ4n) is 4.11. The van der Waals surface area contributed by atoms with Gasteiger partial charge in [0, 0.05) is 23.2 Å². The number of nitrogens with one attached hydrogen (secondary N) is 1. The molecule has 1 heterocycles. The number of anilines is 1. The minimum atomic E-state index is -0.758. The molecule has 1 aromatic rings. The summed E-state index contributed by atoms with van der Waals surface area (Å²) in [4.78, 5) is 26.1. The van der Waals surface area contributed by atoms with Crippen LogP contribution >= 0.6 is 15.9 Å². The Morgan fingerprint density at radius 2 is 2.17 bits per heavy atom. The fourth-order valence-corrected chi connectivity index (χ4v) is 4.49. The summed E-state index contributed by atoms with van der Waals surface area (Å²) in [7, 11) is 0. The zero-order valence-corrected chi connectivity index (χ0v) is 15.6. The minimum absolute atomic E-state index is 0.0789. The number of likely N-dealkylation sites (tertiary alicyclic amines) is 1. The zero-order valence-electron chi connectivity index (χ0n) is 14.0. The van der Waals surface area contributed by atoms with E-state index in [-0.39, 0.29) is 17.9 Å². The molecule has 0 radical (unpaired) electrons. The second-order valence-corrected chi connectivity index (χ2v) is 8.16. The van der Waals surface area contributed by atoms with Crippen LogP contribution in [0.15, 0.2) is 22.7 Å². The van der Waals surface area contributed by atoms with Crippen LogP contribution in [-0.2, 0) is 4.79 Å². The summed E-state index contributed by atoms with van der Waals surface area (Å²) < 4.78 is 0.977. The molecular weight excluding hydrogens is 372 g/mol. The number of urea groups is 1. The van der Waals surface area contributed by atoms with Crippen molar-refractivity contribution in [1.29, 1.82) is 0 Å². The van der Waals surface area contributed by atoms with E-state index in [0.717, 1.165) is 28.6 Å². The van der Waals surface area contributed by atoms with Gasteiger partial charge in [-0.2, -0.15) is 0 Å². The van der Waals surface area contributed by atoms with E-state index in [1.807, 2.05) is 18.2 Å². The van der Waals surface area contributed by atoms with Crippen LogP contribution in [0.3, 0.4) is 0 Å². The van der Waals surface area contributed by atoms with Crippen LogP contribution in [-0.4, -0.2) is 35.1 Å². The van der Waals surface area contributed by atoms with Gasteiger partial charge in [-0.15, -0.1) is 0 Å². The van der Waals surface area contributed by atoms with Gasteiger partial charge in [-0.25, -0.2) is 4.79 Å². The van der Waals surface area contributed by atoms with Crippen LogP contribution in [0.2, 0.25) is 0 Å². The van der Waals surface area contributed by atoms with Crippen molar-refractivity contribution >= 4 is 33.6 Å². The lowest BCUT2D eigenvalue weighted by Crippen LogP contribution is -2.38. The molecule has 2 N–H and O–H groups in total. The van der Waals surface area contributed by atoms with Crippen molar-refractivity contribution in [3.8, 4) is 0 Å². The lowest BCUT2D eigenvalue weighted by atomic mass is 9.81. The molecule has 1 aromatic carbocycles. The number of carboxylic acid groups (broad SMARTS) is 1. The molecule has 1 saturated heterocycles. The third-order valence-corrected chi connectivity index (χ3v) is 5.95. The highest BCUT2D eigenvalue weighted by Crippen LogP contribution is 2.49. The monoisotopic (exact) mass is 394 g/mol. The number of amides is 2. The van der Waals surface area contributed by atoms with Crippen molar-refractivity contribution in [2.24, 2.45) is 11.3 Å². The predicted octanol–water partition coefficient (Wildman–Crippen LogP) is 4.29. The van der Waals surface area contributed by atoms with Crippen molar-refractivity contribution in [3.05, 3.63) is 28.2 Å². The van der Waals surface area contributed by atoms with E-state index in [4.69, 9.17) is 0 Å². The van der Waals surface area contributed by atoms with Gasteiger partial charge < -0.3 is 15.3 Å². The Bertz CT molecular complexity index is 676. The lowest BCUT2D eigenvalue weighted by molar-refractivity contribution is -0.149. The number of aliphatic carboxylic acids is 1.